The SMILES string of the molecule is C1C[C@H]2OCC[C@H]2O1.CC.Nc1ccc(O)c(Cl)c1. The first-order valence-electron chi connectivity index (χ1n) is 6.64. The van der Waals surface area contributed by atoms with E-state index in [2.05, 4.69) is 0 Å². The van der Waals surface area contributed by atoms with E-state index in [0.717, 1.165) is 26.1 Å². The van der Waals surface area contributed by atoms with Gasteiger partial charge in [-0.2, -0.15) is 0 Å². The van der Waals surface area contributed by atoms with Crippen LogP contribution in [0.15, 0.2) is 18.2 Å². The van der Waals surface area contributed by atoms with Crippen molar-refractivity contribution in [2.45, 2.75) is 38.9 Å². The Labute approximate surface area is 119 Å². The number of halogens is 1. The minimum Gasteiger partial charge on any atom is -0.506 e. The zero-order valence-corrected chi connectivity index (χ0v) is 12.2. The molecule has 0 aliphatic carbocycles. The summed E-state index contributed by atoms with van der Waals surface area (Å²) in [5, 5.41) is 9.14. The highest BCUT2D eigenvalue weighted by atomic mass is 35.5. The number of nitrogen functional groups attached to an aromatic ring is 1. The third kappa shape index (κ3) is 4.90. The second-order valence-electron chi connectivity index (χ2n) is 4.11. The second kappa shape index (κ2) is 8.25. The van der Waals surface area contributed by atoms with Gasteiger partial charge in [-0.05, 0) is 31.0 Å². The summed E-state index contributed by atoms with van der Waals surface area (Å²) in [5.41, 5.74) is 5.89. The van der Waals surface area contributed by atoms with Crippen LogP contribution in [-0.2, 0) is 9.47 Å². The monoisotopic (exact) mass is 287 g/mol. The van der Waals surface area contributed by atoms with Crippen LogP contribution in [0.2, 0.25) is 5.02 Å². The molecule has 1 aromatic rings. The molecule has 108 valence electrons. The molecule has 1 aromatic carbocycles. The first-order valence-corrected chi connectivity index (χ1v) is 7.02. The van der Waals surface area contributed by atoms with Crippen molar-refractivity contribution in [3.05, 3.63) is 23.2 Å². The molecule has 5 heteroatoms. The van der Waals surface area contributed by atoms with Crippen LogP contribution in [0, 0.1) is 0 Å². The van der Waals surface area contributed by atoms with Gasteiger partial charge in [-0.15, -0.1) is 0 Å². The first-order chi connectivity index (χ1) is 9.16. The first kappa shape index (κ1) is 16.1. The lowest BCUT2D eigenvalue weighted by molar-refractivity contribution is 0.0732. The van der Waals surface area contributed by atoms with Crippen molar-refractivity contribution in [3.63, 3.8) is 0 Å². The lowest BCUT2D eigenvalue weighted by Gasteiger charge is -2.03. The van der Waals surface area contributed by atoms with Crippen LogP contribution in [0.25, 0.3) is 0 Å². The fourth-order valence-corrected chi connectivity index (χ4v) is 2.14. The summed E-state index contributed by atoms with van der Waals surface area (Å²) in [5.74, 6) is 0.0610. The summed E-state index contributed by atoms with van der Waals surface area (Å²) in [6.07, 6.45) is 3.14. The predicted molar refractivity (Wildman–Crippen MR) is 77.6 cm³/mol. The van der Waals surface area contributed by atoms with E-state index in [0.29, 0.717) is 17.9 Å². The van der Waals surface area contributed by atoms with E-state index in [-0.39, 0.29) is 10.8 Å². The van der Waals surface area contributed by atoms with Crippen LogP contribution < -0.4 is 5.73 Å². The molecule has 3 rings (SSSR count). The Balaban J connectivity index is 0.000000169. The normalized spacial score (nSPS) is 23.7. The van der Waals surface area contributed by atoms with E-state index >= 15 is 0 Å². The number of fused-ring (bicyclic) bond motifs is 1. The number of ether oxygens (including phenoxy) is 2. The van der Waals surface area contributed by atoms with Gasteiger partial charge in [0, 0.05) is 18.9 Å². The second-order valence-corrected chi connectivity index (χ2v) is 4.51. The molecule has 2 aliphatic rings. The van der Waals surface area contributed by atoms with Crippen molar-refractivity contribution in [1.82, 2.24) is 0 Å². The van der Waals surface area contributed by atoms with E-state index in [1.54, 1.807) is 6.07 Å². The van der Waals surface area contributed by atoms with Crippen LogP contribution in [0.1, 0.15) is 26.7 Å². The third-order valence-corrected chi connectivity index (χ3v) is 3.16. The number of anilines is 1. The molecule has 0 bridgehead atoms. The van der Waals surface area contributed by atoms with Crippen LogP contribution in [0.3, 0.4) is 0 Å². The molecule has 2 heterocycles. The van der Waals surface area contributed by atoms with E-state index in [4.69, 9.17) is 31.9 Å². The molecule has 0 amide bonds. The lowest BCUT2D eigenvalue weighted by Crippen LogP contribution is -2.13. The van der Waals surface area contributed by atoms with Gasteiger partial charge < -0.3 is 20.3 Å². The van der Waals surface area contributed by atoms with E-state index < -0.39 is 0 Å². The van der Waals surface area contributed by atoms with Gasteiger partial charge in [-0.25, -0.2) is 0 Å². The maximum absolute atomic E-state index is 8.86. The van der Waals surface area contributed by atoms with E-state index in [9.17, 15) is 0 Å². The van der Waals surface area contributed by atoms with Crippen LogP contribution in [-0.4, -0.2) is 30.5 Å². The number of phenols is 1. The summed E-state index contributed by atoms with van der Waals surface area (Å²) in [4.78, 5) is 0. The molecule has 2 fully saturated rings. The highest BCUT2D eigenvalue weighted by Gasteiger charge is 2.33. The summed E-state index contributed by atoms with van der Waals surface area (Å²) in [7, 11) is 0. The molecule has 2 atom stereocenters. The Hall–Kier alpha value is -0.970. The molecule has 0 radical (unpaired) electrons. The average Bonchev–Trinajstić information content (AvgIpc) is 3.01. The fourth-order valence-electron chi connectivity index (χ4n) is 1.95. The third-order valence-electron chi connectivity index (χ3n) is 2.86. The van der Waals surface area contributed by atoms with Crippen molar-refractivity contribution >= 4 is 17.3 Å². The van der Waals surface area contributed by atoms with E-state index in [1.165, 1.54) is 12.1 Å². The van der Waals surface area contributed by atoms with Crippen LogP contribution in [0.4, 0.5) is 5.69 Å². The van der Waals surface area contributed by atoms with Gasteiger partial charge in [-0.1, -0.05) is 25.4 Å². The topological polar surface area (TPSA) is 64.7 Å². The largest absolute Gasteiger partial charge is 0.506 e. The van der Waals surface area contributed by atoms with Gasteiger partial charge in [0.2, 0.25) is 0 Å². The lowest BCUT2D eigenvalue weighted by atomic mass is 10.2. The van der Waals surface area contributed by atoms with E-state index in [1.807, 2.05) is 13.8 Å². The van der Waals surface area contributed by atoms with Crippen molar-refractivity contribution in [2.75, 3.05) is 18.9 Å². The Morgan fingerprint density at radius 3 is 2.11 bits per heavy atom. The molecular formula is C14H22ClNO3. The highest BCUT2D eigenvalue weighted by Crippen LogP contribution is 2.25. The molecule has 2 aliphatic heterocycles. The molecule has 0 spiro atoms. The van der Waals surface area contributed by atoms with Crippen molar-refractivity contribution in [3.8, 4) is 5.75 Å². The van der Waals surface area contributed by atoms with Crippen molar-refractivity contribution < 1.29 is 14.6 Å². The summed E-state index contributed by atoms with van der Waals surface area (Å²) < 4.78 is 10.7. The number of nitrogens with two attached hydrogens (primary N) is 1. The quantitative estimate of drug-likeness (QED) is 0.568. The zero-order chi connectivity index (χ0) is 14.3. The molecule has 0 aromatic heterocycles. The van der Waals surface area contributed by atoms with Crippen LogP contribution >= 0.6 is 11.6 Å². The molecular weight excluding hydrogens is 266 g/mol. The molecule has 0 saturated carbocycles. The molecule has 19 heavy (non-hydrogen) atoms. The number of phenolic OH excluding ortho intramolecular Hbond substituents is 1. The number of aromatic hydroxyl groups is 1. The molecule has 4 nitrogen and oxygen atoms in total. The standard InChI is InChI=1S/C6H6ClNO.C6H10O2.C2H6/c7-5-3-4(8)1-2-6(5)9;1-3-7-6-2-4-8-5(1)6;1-2/h1-3,9H,8H2;5-6H,1-4H2;1-2H3/t;5-,6-;/m.1./s1. The molecule has 3 N–H and O–H groups in total. The minimum absolute atomic E-state index is 0.0610. The number of hydrogen-bond donors (Lipinski definition) is 2. The van der Waals surface area contributed by atoms with Gasteiger partial charge in [0.15, 0.2) is 0 Å². The summed E-state index contributed by atoms with van der Waals surface area (Å²) in [6, 6.07) is 4.54. The Bertz CT molecular complexity index is 367. The van der Waals surface area contributed by atoms with Gasteiger partial charge >= 0.3 is 0 Å². The zero-order valence-electron chi connectivity index (χ0n) is 11.4. The van der Waals surface area contributed by atoms with Crippen LogP contribution in [0.5, 0.6) is 5.75 Å². The Morgan fingerprint density at radius 1 is 1.16 bits per heavy atom. The van der Waals surface area contributed by atoms with Gasteiger partial charge in [-0.3, -0.25) is 0 Å². The average molecular weight is 288 g/mol. The smallest absolute Gasteiger partial charge is 0.134 e. The van der Waals surface area contributed by atoms with Gasteiger partial charge in [0.1, 0.15) is 5.75 Å². The molecule has 0 unspecified atom stereocenters. The number of benzene rings is 1. The predicted octanol–water partition coefficient (Wildman–Crippen LogP) is 3.22. The fraction of sp³-hybridized carbons (Fsp3) is 0.571. The number of rotatable bonds is 0. The van der Waals surface area contributed by atoms with Crippen molar-refractivity contribution in [1.29, 1.82) is 0 Å². The van der Waals surface area contributed by atoms with Crippen molar-refractivity contribution in [2.24, 2.45) is 0 Å². The summed E-state index contributed by atoms with van der Waals surface area (Å²) >= 11 is 5.48. The minimum atomic E-state index is 0.0610. The van der Waals surface area contributed by atoms with Gasteiger partial charge in [0.25, 0.3) is 0 Å². The highest BCUT2D eigenvalue weighted by molar-refractivity contribution is 6.32. The maximum Gasteiger partial charge on any atom is 0.134 e. The maximum atomic E-state index is 8.86. The Kier molecular flexibility index (Phi) is 6.99. The molecule has 2 saturated heterocycles. The van der Waals surface area contributed by atoms with Gasteiger partial charge in [0.05, 0.1) is 17.2 Å². The summed E-state index contributed by atoms with van der Waals surface area (Å²) in [6.45, 7) is 5.82. The Morgan fingerprint density at radius 2 is 1.68 bits per heavy atom. The number of hydrogen-bond acceptors (Lipinski definition) is 4.